The van der Waals surface area contributed by atoms with E-state index >= 15 is 0 Å². The highest BCUT2D eigenvalue weighted by atomic mass is 16.1. The zero-order valence-corrected chi connectivity index (χ0v) is 8.55. The fourth-order valence-corrected chi connectivity index (χ4v) is 2.55. The summed E-state index contributed by atoms with van der Waals surface area (Å²) in [6, 6.07) is 5.95. The summed E-state index contributed by atoms with van der Waals surface area (Å²) >= 11 is 0. The molecule has 0 amide bonds. The monoisotopic (exact) mass is 199 g/mol. The molecule has 0 radical (unpaired) electrons. The maximum Gasteiger partial charge on any atom is 0.152 e. The first-order chi connectivity index (χ1) is 7.40. The number of H-pyrrole nitrogens is 1. The van der Waals surface area contributed by atoms with Crippen LogP contribution in [0.25, 0.3) is 10.9 Å². The second-order valence-corrected chi connectivity index (χ2v) is 4.18. The van der Waals surface area contributed by atoms with E-state index in [-0.39, 0.29) is 0 Å². The first kappa shape index (κ1) is 8.72. The fourth-order valence-electron chi connectivity index (χ4n) is 2.55. The van der Waals surface area contributed by atoms with Gasteiger partial charge in [0.05, 0.1) is 5.52 Å². The molecule has 2 nitrogen and oxygen atoms in total. The van der Waals surface area contributed by atoms with Gasteiger partial charge in [0.1, 0.15) is 0 Å². The molecule has 76 valence electrons. The number of benzene rings is 1. The highest BCUT2D eigenvalue weighted by molar-refractivity contribution is 5.98. The Morgan fingerprint density at radius 2 is 2.07 bits per heavy atom. The van der Waals surface area contributed by atoms with Gasteiger partial charge in [-0.3, -0.25) is 4.79 Å². The van der Waals surface area contributed by atoms with Crippen LogP contribution in [-0.4, -0.2) is 11.3 Å². The van der Waals surface area contributed by atoms with Crippen molar-refractivity contribution >= 4 is 17.2 Å². The molecule has 1 aromatic heterocycles. The van der Waals surface area contributed by atoms with Crippen LogP contribution < -0.4 is 0 Å². The number of aromatic nitrogens is 1. The second-order valence-electron chi connectivity index (χ2n) is 4.18. The summed E-state index contributed by atoms with van der Waals surface area (Å²) in [5.74, 6) is 0. The molecule has 1 aliphatic carbocycles. The van der Waals surface area contributed by atoms with Crippen molar-refractivity contribution in [2.24, 2.45) is 0 Å². The Hall–Kier alpha value is -1.57. The van der Waals surface area contributed by atoms with Gasteiger partial charge in [-0.05, 0) is 37.3 Å². The topological polar surface area (TPSA) is 32.9 Å². The molecule has 1 N–H and O–H groups in total. The smallest absolute Gasteiger partial charge is 0.152 e. The number of carbonyl (C=O) groups excluding carboxylic acids is 1. The zero-order valence-electron chi connectivity index (χ0n) is 8.55. The number of aromatic amines is 1. The average molecular weight is 199 g/mol. The molecule has 0 unspecified atom stereocenters. The highest BCUT2D eigenvalue weighted by Crippen LogP contribution is 2.30. The summed E-state index contributed by atoms with van der Waals surface area (Å²) in [6.45, 7) is 0. The van der Waals surface area contributed by atoms with Gasteiger partial charge in [0, 0.05) is 16.6 Å². The molecule has 1 heterocycles. The number of fused-ring (bicyclic) bond motifs is 3. The van der Waals surface area contributed by atoms with Crippen molar-refractivity contribution in [3.8, 4) is 0 Å². The van der Waals surface area contributed by atoms with Crippen LogP contribution in [-0.2, 0) is 12.8 Å². The van der Waals surface area contributed by atoms with Crippen molar-refractivity contribution in [1.29, 1.82) is 0 Å². The van der Waals surface area contributed by atoms with Crippen molar-refractivity contribution in [2.75, 3.05) is 0 Å². The molecular formula is C13H13NO. The van der Waals surface area contributed by atoms with Crippen LogP contribution in [0.15, 0.2) is 18.2 Å². The molecule has 2 aromatic rings. The van der Waals surface area contributed by atoms with Gasteiger partial charge < -0.3 is 4.98 Å². The van der Waals surface area contributed by atoms with E-state index in [9.17, 15) is 4.79 Å². The van der Waals surface area contributed by atoms with Crippen molar-refractivity contribution in [3.63, 3.8) is 0 Å². The third-order valence-electron chi connectivity index (χ3n) is 3.29. The largest absolute Gasteiger partial charge is 0.358 e. The number of rotatable bonds is 1. The molecule has 0 fully saturated rings. The zero-order chi connectivity index (χ0) is 10.3. The Morgan fingerprint density at radius 3 is 2.93 bits per heavy atom. The predicted octanol–water partition coefficient (Wildman–Crippen LogP) is 2.86. The molecule has 0 aliphatic heterocycles. The summed E-state index contributed by atoms with van der Waals surface area (Å²) in [6.07, 6.45) is 5.74. The first-order valence-corrected chi connectivity index (χ1v) is 5.48. The van der Waals surface area contributed by atoms with Gasteiger partial charge in [-0.2, -0.15) is 0 Å². The Balaban J connectivity index is 2.35. The SMILES string of the molecule is O=Cc1cccc2c3c([nH]c12)CCCC3. The minimum atomic E-state index is 0.780. The lowest BCUT2D eigenvalue weighted by Crippen LogP contribution is -1.99. The Labute approximate surface area is 88.3 Å². The van der Waals surface area contributed by atoms with E-state index in [1.165, 1.54) is 29.5 Å². The van der Waals surface area contributed by atoms with Crippen LogP contribution in [0.2, 0.25) is 0 Å². The maximum absolute atomic E-state index is 10.9. The number of carbonyl (C=O) groups is 1. The van der Waals surface area contributed by atoms with Gasteiger partial charge in [0.15, 0.2) is 6.29 Å². The summed E-state index contributed by atoms with van der Waals surface area (Å²) < 4.78 is 0. The number of aldehydes is 1. The van der Waals surface area contributed by atoms with Gasteiger partial charge in [0.25, 0.3) is 0 Å². The molecule has 15 heavy (non-hydrogen) atoms. The van der Waals surface area contributed by atoms with E-state index in [1.807, 2.05) is 12.1 Å². The van der Waals surface area contributed by atoms with Crippen molar-refractivity contribution in [2.45, 2.75) is 25.7 Å². The van der Waals surface area contributed by atoms with E-state index < -0.39 is 0 Å². The lowest BCUT2D eigenvalue weighted by atomic mass is 9.95. The van der Waals surface area contributed by atoms with E-state index in [4.69, 9.17) is 0 Å². The number of nitrogens with one attached hydrogen (secondary N) is 1. The maximum atomic E-state index is 10.9. The molecule has 0 saturated carbocycles. The summed E-state index contributed by atoms with van der Waals surface area (Å²) in [4.78, 5) is 14.3. The number of aryl methyl sites for hydroxylation is 2. The van der Waals surface area contributed by atoms with Crippen LogP contribution in [0.4, 0.5) is 0 Å². The lowest BCUT2D eigenvalue weighted by molar-refractivity contribution is 0.112. The summed E-state index contributed by atoms with van der Waals surface area (Å²) in [5, 5.41) is 1.24. The third kappa shape index (κ3) is 1.21. The molecule has 3 rings (SSSR count). The van der Waals surface area contributed by atoms with Crippen LogP contribution in [0, 0.1) is 0 Å². The molecule has 1 aliphatic rings. The van der Waals surface area contributed by atoms with Gasteiger partial charge in [-0.25, -0.2) is 0 Å². The Kier molecular flexibility index (Phi) is 1.88. The first-order valence-electron chi connectivity index (χ1n) is 5.48. The molecule has 1 aromatic carbocycles. The van der Waals surface area contributed by atoms with Gasteiger partial charge in [-0.1, -0.05) is 12.1 Å². The molecule has 0 spiro atoms. The molecule has 2 heteroatoms. The Bertz CT molecular complexity index is 525. The van der Waals surface area contributed by atoms with Crippen LogP contribution in [0.1, 0.15) is 34.5 Å². The van der Waals surface area contributed by atoms with Gasteiger partial charge >= 0.3 is 0 Å². The normalized spacial score (nSPS) is 15.2. The molecule has 0 saturated heterocycles. The van der Waals surface area contributed by atoms with Crippen LogP contribution >= 0.6 is 0 Å². The molecule has 0 atom stereocenters. The van der Waals surface area contributed by atoms with Crippen LogP contribution in [0.3, 0.4) is 0 Å². The lowest BCUT2D eigenvalue weighted by Gasteiger charge is -2.10. The van der Waals surface area contributed by atoms with Gasteiger partial charge in [-0.15, -0.1) is 0 Å². The van der Waals surface area contributed by atoms with E-state index in [0.717, 1.165) is 30.2 Å². The van der Waals surface area contributed by atoms with Crippen molar-refractivity contribution in [1.82, 2.24) is 4.98 Å². The minimum absolute atomic E-state index is 0.780. The van der Waals surface area contributed by atoms with E-state index in [2.05, 4.69) is 11.1 Å². The molecule has 0 bridgehead atoms. The fraction of sp³-hybridized carbons (Fsp3) is 0.308. The van der Waals surface area contributed by atoms with Crippen molar-refractivity contribution < 1.29 is 4.79 Å². The minimum Gasteiger partial charge on any atom is -0.358 e. The second kappa shape index (κ2) is 3.23. The quantitative estimate of drug-likeness (QED) is 0.704. The van der Waals surface area contributed by atoms with Crippen LogP contribution in [0.5, 0.6) is 0 Å². The standard InChI is InChI=1S/C13H13NO/c15-8-9-4-3-6-11-10-5-1-2-7-12(10)14-13(9)11/h3-4,6,8,14H,1-2,5,7H2. The average Bonchev–Trinajstić information content (AvgIpc) is 2.67. The molecular weight excluding hydrogens is 186 g/mol. The summed E-state index contributed by atoms with van der Waals surface area (Å²) in [5.41, 5.74) is 4.58. The van der Waals surface area contributed by atoms with Gasteiger partial charge in [0.2, 0.25) is 0 Å². The highest BCUT2D eigenvalue weighted by Gasteiger charge is 2.16. The summed E-state index contributed by atoms with van der Waals surface area (Å²) in [7, 11) is 0. The number of para-hydroxylation sites is 1. The predicted molar refractivity (Wildman–Crippen MR) is 60.3 cm³/mol. The number of hydrogen-bond donors (Lipinski definition) is 1. The van der Waals surface area contributed by atoms with E-state index in [0.29, 0.717) is 0 Å². The third-order valence-corrected chi connectivity index (χ3v) is 3.29. The Morgan fingerprint density at radius 1 is 1.20 bits per heavy atom. The number of hydrogen-bond acceptors (Lipinski definition) is 1. The van der Waals surface area contributed by atoms with Crippen molar-refractivity contribution in [3.05, 3.63) is 35.0 Å². The van der Waals surface area contributed by atoms with E-state index in [1.54, 1.807) is 0 Å².